The van der Waals surface area contributed by atoms with E-state index in [9.17, 15) is 19.5 Å². The molecule has 0 amide bonds. The lowest BCUT2D eigenvalue weighted by atomic mass is 9.44. The Morgan fingerprint density at radius 3 is 2.30 bits per heavy atom. The van der Waals surface area contributed by atoms with Crippen LogP contribution >= 0.6 is 0 Å². The van der Waals surface area contributed by atoms with E-state index in [0.717, 1.165) is 37.2 Å². The number of carbonyl (C=O) groups excluding carboxylic acids is 3. The predicted octanol–water partition coefficient (Wildman–Crippen LogP) is 7.04. The zero-order chi connectivity index (χ0) is 31.1. The lowest BCUT2D eigenvalue weighted by molar-refractivity contribution is -0.168. The second-order valence-electron chi connectivity index (χ2n) is 15.7. The van der Waals surface area contributed by atoms with Crippen molar-refractivity contribution in [2.24, 2.45) is 58.0 Å². The maximum Gasteiger partial charge on any atom is 0.309 e. The molecule has 1 aromatic carbocycles. The van der Waals surface area contributed by atoms with Crippen LogP contribution in [0, 0.1) is 52.3 Å². The van der Waals surface area contributed by atoms with Crippen LogP contribution in [0.2, 0.25) is 0 Å². The van der Waals surface area contributed by atoms with E-state index in [4.69, 9.17) is 10.5 Å². The Hall–Kier alpha value is -2.21. The van der Waals surface area contributed by atoms with Gasteiger partial charge >= 0.3 is 5.97 Å². The van der Waals surface area contributed by atoms with Crippen LogP contribution in [-0.4, -0.2) is 34.8 Å². The number of benzene rings is 1. The highest BCUT2D eigenvalue weighted by molar-refractivity contribution is 5.88. The Bertz CT molecular complexity index is 1180. The molecule has 6 heteroatoms. The molecule has 1 aromatic rings. The Labute approximate surface area is 258 Å². The van der Waals surface area contributed by atoms with Crippen LogP contribution < -0.4 is 5.73 Å². The Morgan fingerprint density at radius 2 is 1.63 bits per heavy atom. The van der Waals surface area contributed by atoms with Crippen LogP contribution in [0.1, 0.15) is 111 Å². The number of rotatable bonds is 10. The summed E-state index contributed by atoms with van der Waals surface area (Å²) in [7, 11) is 0. The second-order valence-corrected chi connectivity index (χ2v) is 15.7. The molecule has 0 aliphatic heterocycles. The van der Waals surface area contributed by atoms with Crippen molar-refractivity contribution in [2.75, 3.05) is 0 Å². The van der Waals surface area contributed by atoms with E-state index in [-0.39, 0.29) is 52.7 Å². The van der Waals surface area contributed by atoms with Crippen molar-refractivity contribution in [1.82, 2.24) is 0 Å². The summed E-state index contributed by atoms with van der Waals surface area (Å²) in [6.45, 7) is 10.9. The standard InChI is InChI=1S/C37H55NO5/c1-22(2)18-25(20-34(41)33(38)19-24-6-9-27(40)10-7-24)35(42)43-28-14-16-36(4)26(21-28)8-11-29-31-13-12-30(23(3)39)37(31,5)17-15-32(29)36/h6-7,9-10,22,25-26,28-33,40H,8,11-21,38H2,1-5H3/t25-,26+,28-,29+,30-,31+,32+,33+,36+,37-/m1/s1. The van der Waals surface area contributed by atoms with Crippen molar-refractivity contribution in [2.45, 2.75) is 124 Å². The van der Waals surface area contributed by atoms with Gasteiger partial charge in [0.05, 0.1) is 12.0 Å². The number of ether oxygens (including phenoxy) is 1. The summed E-state index contributed by atoms with van der Waals surface area (Å²) >= 11 is 0. The van der Waals surface area contributed by atoms with E-state index in [1.165, 1.54) is 32.1 Å². The van der Waals surface area contributed by atoms with Crippen LogP contribution in [0.4, 0.5) is 0 Å². The van der Waals surface area contributed by atoms with Gasteiger partial charge in [0.1, 0.15) is 17.6 Å². The Kier molecular flexibility index (Phi) is 9.47. The molecule has 238 valence electrons. The average molecular weight is 594 g/mol. The van der Waals surface area contributed by atoms with Crippen molar-refractivity contribution in [3.05, 3.63) is 29.8 Å². The SMILES string of the molecule is CC(=O)[C@H]1CC[C@H]2[C@@H]3CC[C@H]4C[C@H](OC(=O)[C@@H](CC(=O)[C@@H](N)Cc5ccc(O)cc5)CC(C)C)CC[C@]4(C)[C@H]3CC[C@]12C. The molecular formula is C37H55NO5. The molecule has 5 rings (SSSR count). The molecule has 0 radical (unpaired) electrons. The first kappa shape index (κ1) is 32.2. The van der Waals surface area contributed by atoms with E-state index in [1.807, 2.05) is 0 Å². The second kappa shape index (κ2) is 12.7. The lowest BCUT2D eigenvalue weighted by Crippen LogP contribution is -2.54. The number of aromatic hydroxyl groups is 1. The highest BCUT2D eigenvalue weighted by Gasteiger charge is 2.61. The summed E-state index contributed by atoms with van der Waals surface area (Å²) in [4.78, 5) is 39.2. The van der Waals surface area contributed by atoms with Gasteiger partial charge in [0.15, 0.2) is 5.78 Å². The molecule has 0 bridgehead atoms. The molecule has 10 atom stereocenters. The van der Waals surface area contributed by atoms with E-state index in [1.54, 1.807) is 31.2 Å². The van der Waals surface area contributed by atoms with Gasteiger partial charge < -0.3 is 15.6 Å². The number of fused-ring (bicyclic) bond motifs is 5. The summed E-state index contributed by atoms with van der Waals surface area (Å²) in [5, 5.41) is 9.54. The smallest absolute Gasteiger partial charge is 0.309 e. The highest BCUT2D eigenvalue weighted by atomic mass is 16.5. The van der Waals surface area contributed by atoms with Crippen molar-refractivity contribution in [3.63, 3.8) is 0 Å². The maximum absolute atomic E-state index is 13.5. The topological polar surface area (TPSA) is 107 Å². The van der Waals surface area contributed by atoms with E-state index >= 15 is 0 Å². The third kappa shape index (κ3) is 6.46. The van der Waals surface area contributed by atoms with E-state index in [0.29, 0.717) is 36.4 Å². The minimum absolute atomic E-state index is 0.0833. The molecule has 4 saturated carbocycles. The number of esters is 1. The summed E-state index contributed by atoms with van der Waals surface area (Å²) in [5.41, 5.74) is 7.61. The molecule has 6 nitrogen and oxygen atoms in total. The number of hydrogen-bond acceptors (Lipinski definition) is 6. The minimum atomic E-state index is -0.694. The Morgan fingerprint density at radius 1 is 0.953 bits per heavy atom. The first-order chi connectivity index (χ1) is 20.3. The number of hydrogen-bond donors (Lipinski definition) is 2. The fraction of sp³-hybridized carbons (Fsp3) is 0.757. The molecule has 4 aliphatic rings. The number of Topliss-reactive ketones (excluding diaryl/α,β-unsaturated/α-hetero) is 2. The zero-order valence-electron chi connectivity index (χ0n) is 27.1. The number of nitrogens with two attached hydrogens (primary N) is 1. The third-order valence-corrected chi connectivity index (χ3v) is 12.7. The Balaban J connectivity index is 1.19. The normalized spacial score (nSPS) is 36.6. The van der Waals surface area contributed by atoms with Crippen LogP contribution in [0.3, 0.4) is 0 Å². The molecule has 43 heavy (non-hydrogen) atoms. The molecule has 0 spiro atoms. The molecule has 0 saturated heterocycles. The van der Waals surface area contributed by atoms with Gasteiger partial charge in [-0.15, -0.1) is 0 Å². The fourth-order valence-corrected chi connectivity index (χ4v) is 10.5. The number of ketones is 2. The first-order valence-electron chi connectivity index (χ1n) is 17.1. The van der Waals surface area contributed by atoms with Crippen molar-refractivity contribution in [3.8, 4) is 5.75 Å². The number of phenolic OH excluding ortho intramolecular Hbond substituents is 1. The summed E-state index contributed by atoms with van der Waals surface area (Å²) < 4.78 is 6.23. The monoisotopic (exact) mass is 593 g/mol. The number of phenols is 1. The molecule has 4 aliphatic carbocycles. The predicted molar refractivity (Wildman–Crippen MR) is 168 cm³/mol. The van der Waals surface area contributed by atoms with E-state index < -0.39 is 12.0 Å². The maximum atomic E-state index is 13.5. The van der Waals surface area contributed by atoms with Crippen molar-refractivity contribution < 1.29 is 24.2 Å². The average Bonchev–Trinajstić information content (AvgIpc) is 3.31. The van der Waals surface area contributed by atoms with Crippen molar-refractivity contribution in [1.29, 1.82) is 0 Å². The van der Waals surface area contributed by atoms with Crippen LogP contribution in [0.15, 0.2) is 24.3 Å². The van der Waals surface area contributed by atoms with Gasteiger partial charge in [-0.1, -0.05) is 39.8 Å². The van der Waals surface area contributed by atoms with Gasteiger partial charge in [0.2, 0.25) is 0 Å². The van der Waals surface area contributed by atoms with Gasteiger partial charge in [-0.25, -0.2) is 0 Å². The summed E-state index contributed by atoms with van der Waals surface area (Å²) in [6, 6.07) is 6.04. The molecule has 0 heterocycles. The van der Waals surface area contributed by atoms with Crippen LogP contribution in [0.25, 0.3) is 0 Å². The fourth-order valence-electron chi connectivity index (χ4n) is 10.5. The zero-order valence-corrected chi connectivity index (χ0v) is 27.1. The number of carbonyl (C=O) groups is 3. The molecule has 4 fully saturated rings. The highest BCUT2D eigenvalue weighted by Crippen LogP contribution is 2.67. The van der Waals surface area contributed by atoms with Gasteiger partial charge in [-0.2, -0.15) is 0 Å². The largest absolute Gasteiger partial charge is 0.508 e. The van der Waals surface area contributed by atoms with Gasteiger partial charge in [0.25, 0.3) is 0 Å². The van der Waals surface area contributed by atoms with Crippen LogP contribution in [0.5, 0.6) is 5.75 Å². The van der Waals surface area contributed by atoms with Gasteiger partial charge in [0, 0.05) is 12.3 Å². The third-order valence-electron chi connectivity index (χ3n) is 12.7. The molecular weight excluding hydrogens is 538 g/mol. The van der Waals surface area contributed by atoms with E-state index in [2.05, 4.69) is 27.7 Å². The summed E-state index contributed by atoms with van der Waals surface area (Å²) in [6.07, 6.45) is 11.0. The quantitative estimate of drug-likeness (QED) is 0.282. The minimum Gasteiger partial charge on any atom is -0.508 e. The molecule has 3 N–H and O–H groups in total. The van der Waals surface area contributed by atoms with Gasteiger partial charge in [-0.05, 0) is 136 Å². The molecule has 0 aromatic heterocycles. The van der Waals surface area contributed by atoms with Crippen LogP contribution in [-0.2, 0) is 25.5 Å². The summed E-state index contributed by atoms with van der Waals surface area (Å²) in [5.74, 6) is 2.89. The van der Waals surface area contributed by atoms with Crippen molar-refractivity contribution >= 4 is 17.5 Å². The molecule has 0 unspecified atom stereocenters. The van der Waals surface area contributed by atoms with Gasteiger partial charge in [-0.3, -0.25) is 14.4 Å². The first-order valence-corrected chi connectivity index (χ1v) is 17.1. The lowest BCUT2D eigenvalue weighted by Gasteiger charge is -2.61.